The van der Waals surface area contributed by atoms with Gasteiger partial charge < -0.3 is 14.7 Å². The van der Waals surface area contributed by atoms with E-state index in [9.17, 15) is 13.2 Å². The number of aliphatic imine (C=N–C) groups is 1. The van der Waals surface area contributed by atoms with Crippen molar-refractivity contribution in [1.29, 1.82) is 0 Å². The van der Waals surface area contributed by atoms with E-state index in [0.717, 1.165) is 18.5 Å². The summed E-state index contributed by atoms with van der Waals surface area (Å²) in [6.07, 6.45) is -2.18. The molecule has 2 heterocycles. The molecule has 1 N–H and O–H groups in total. The first-order chi connectivity index (χ1) is 13.3. The molecule has 9 heteroatoms. The first-order valence-electron chi connectivity index (χ1n) is 10.1. The number of alkyl halides is 3. The number of piperazine rings is 1. The molecule has 1 aliphatic heterocycles. The highest BCUT2D eigenvalue weighted by Gasteiger charge is 2.41. The summed E-state index contributed by atoms with van der Waals surface area (Å²) in [5, 5.41) is 7.38. The molecule has 28 heavy (non-hydrogen) atoms. The largest absolute Gasteiger partial charge is 0.403 e. The third-order valence-corrected chi connectivity index (χ3v) is 5.34. The molecular formula is C19H32F3N5O. The second-order valence-corrected chi connectivity index (χ2v) is 7.14. The minimum atomic E-state index is -4.19. The maximum Gasteiger partial charge on any atom is 0.403 e. The maximum atomic E-state index is 12.9. The molecule has 6 nitrogen and oxygen atoms in total. The zero-order valence-electron chi connectivity index (χ0n) is 17.2. The second-order valence-electron chi connectivity index (χ2n) is 7.14. The number of rotatable bonds is 7. The predicted octanol–water partition coefficient (Wildman–Crippen LogP) is 3.61. The Labute approximate surface area is 165 Å². The van der Waals surface area contributed by atoms with Crippen molar-refractivity contribution in [2.75, 3.05) is 32.7 Å². The summed E-state index contributed by atoms with van der Waals surface area (Å²) in [6.45, 7) is 10.2. The minimum Gasteiger partial charge on any atom is -0.359 e. The number of nitrogens with zero attached hydrogens (tertiary/aromatic N) is 4. The number of hydrogen-bond donors (Lipinski definition) is 1. The van der Waals surface area contributed by atoms with E-state index in [-0.39, 0.29) is 0 Å². The van der Waals surface area contributed by atoms with Crippen molar-refractivity contribution in [1.82, 2.24) is 20.3 Å². The Morgan fingerprint density at radius 1 is 1.21 bits per heavy atom. The van der Waals surface area contributed by atoms with Crippen molar-refractivity contribution in [3.05, 3.63) is 17.5 Å². The molecule has 1 unspecified atom stereocenters. The smallest absolute Gasteiger partial charge is 0.359 e. The molecule has 0 spiro atoms. The van der Waals surface area contributed by atoms with Crippen LogP contribution in [0.25, 0.3) is 0 Å². The fourth-order valence-corrected chi connectivity index (χ4v) is 3.41. The van der Waals surface area contributed by atoms with Gasteiger partial charge in [0.2, 0.25) is 0 Å². The van der Waals surface area contributed by atoms with Gasteiger partial charge in [0.15, 0.2) is 11.7 Å². The van der Waals surface area contributed by atoms with Crippen molar-refractivity contribution >= 4 is 5.96 Å². The number of guanidine groups is 1. The monoisotopic (exact) mass is 403 g/mol. The van der Waals surface area contributed by atoms with Gasteiger partial charge in [-0.05, 0) is 26.7 Å². The van der Waals surface area contributed by atoms with Gasteiger partial charge in [-0.3, -0.25) is 4.90 Å². The summed E-state index contributed by atoms with van der Waals surface area (Å²) < 4.78 is 44.2. The van der Waals surface area contributed by atoms with Gasteiger partial charge in [0.25, 0.3) is 0 Å². The van der Waals surface area contributed by atoms with Crippen LogP contribution in [-0.4, -0.2) is 65.9 Å². The van der Waals surface area contributed by atoms with E-state index in [2.05, 4.69) is 29.3 Å². The number of hydrogen-bond acceptors (Lipinski definition) is 4. The summed E-state index contributed by atoms with van der Waals surface area (Å²) in [6, 6.07) is 0.528. The third-order valence-electron chi connectivity index (χ3n) is 5.34. The molecule has 1 fully saturated rings. The van der Waals surface area contributed by atoms with Gasteiger partial charge >= 0.3 is 6.18 Å². The summed E-state index contributed by atoms with van der Waals surface area (Å²) in [5.74, 6) is 1.78. The summed E-state index contributed by atoms with van der Waals surface area (Å²) in [4.78, 5) is 8.08. The predicted molar refractivity (Wildman–Crippen MR) is 103 cm³/mol. The van der Waals surface area contributed by atoms with Gasteiger partial charge in [-0.25, -0.2) is 4.99 Å². The minimum absolute atomic E-state index is 0.353. The molecular weight excluding hydrogens is 371 g/mol. The highest BCUT2D eigenvalue weighted by atomic mass is 19.4. The summed E-state index contributed by atoms with van der Waals surface area (Å²) in [7, 11) is 0. The zero-order valence-corrected chi connectivity index (χ0v) is 17.2. The molecule has 0 radical (unpaired) electrons. The number of nitrogens with one attached hydrogen (secondary N) is 1. The van der Waals surface area contributed by atoms with Gasteiger partial charge in [0.1, 0.15) is 12.6 Å². The van der Waals surface area contributed by atoms with Crippen LogP contribution in [0, 0.1) is 0 Å². The van der Waals surface area contributed by atoms with Crippen molar-refractivity contribution in [2.24, 2.45) is 4.99 Å². The molecule has 0 aliphatic carbocycles. The van der Waals surface area contributed by atoms with E-state index in [4.69, 9.17) is 4.52 Å². The van der Waals surface area contributed by atoms with Crippen molar-refractivity contribution in [3.8, 4) is 0 Å². The molecule has 1 saturated heterocycles. The molecule has 0 amide bonds. The molecule has 1 aromatic heterocycles. The normalized spacial score (nSPS) is 18.0. The van der Waals surface area contributed by atoms with Crippen LogP contribution in [0.1, 0.15) is 57.9 Å². The van der Waals surface area contributed by atoms with Crippen LogP contribution in [0.4, 0.5) is 13.2 Å². The van der Waals surface area contributed by atoms with Crippen molar-refractivity contribution in [3.63, 3.8) is 0 Å². The van der Waals surface area contributed by atoms with E-state index in [0.29, 0.717) is 56.9 Å². The highest BCUT2D eigenvalue weighted by Crippen LogP contribution is 2.25. The van der Waals surface area contributed by atoms with Crippen molar-refractivity contribution < 1.29 is 17.7 Å². The Hall–Kier alpha value is -1.77. The average molecular weight is 403 g/mol. The standard InChI is InChI=1S/C19H32F3N5O/c1-5-15(6-2)17-12-16(28-25-17)13-24-18(23-7-3)27-10-8-26(9-11-27)14(4)19(20,21)22/h12,14-15H,5-11,13H2,1-4H3,(H,23,24). The SMILES string of the molecule is CCNC(=NCc1cc(C(CC)CC)no1)N1CCN(C(C)C(F)(F)F)CC1. The van der Waals surface area contributed by atoms with Crippen LogP contribution >= 0.6 is 0 Å². The first-order valence-corrected chi connectivity index (χ1v) is 10.1. The molecule has 1 aliphatic rings. The van der Waals surface area contributed by atoms with Crippen LogP contribution < -0.4 is 5.32 Å². The molecule has 0 bridgehead atoms. The number of aromatic nitrogens is 1. The molecule has 160 valence electrons. The topological polar surface area (TPSA) is 56.9 Å². The van der Waals surface area contributed by atoms with E-state index >= 15 is 0 Å². The number of halogens is 3. The van der Waals surface area contributed by atoms with Gasteiger partial charge in [0.05, 0.1) is 5.69 Å². The average Bonchev–Trinajstić information content (AvgIpc) is 3.14. The first kappa shape index (κ1) is 22.5. The van der Waals surface area contributed by atoms with Gasteiger partial charge in [-0.1, -0.05) is 19.0 Å². The highest BCUT2D eigenvalue weighted by molar-refractivity contribution is 5.80. The Bertz CT molecular complexity index is 619. The Kier molecular flexibility index (Phi) is 8.15. The molecule has 1 atom stereocenters. The lowest BCUT2D eigenvalue weighted by atomic mass is 9.99. The van der Waals surface area contributed by atoms with E-state index in [1.54, 1.807) is 0 Å². The molecule has 0 aromatic carbocycles. The van der Waals surface area contributed by atoms with Crippen molar-refractivity contribution in [2.45, 2.75) is 65.2 Å². The van der Waals surface area contributed by atoms with Gasteiger partial charge in [0, 0.05) is 44.7 Å². The lowest BCUT2D eigenvalue weighted by Gasteiger charge is -2.39. The molecule has 0 saturated carbocycles. The quantitative estimate of drug-likeness (QED) is 0.557. The molecule has 1 aromatic rings. The van der Waals surface area contributed by atoms with Crippen LogP contribution in [-0.2, 0) is 6.54 Å². The second kappa shape index (κ2) is 10.1. The van der Waals surface area contributed by atoms with E-state index in [1.807, 2.05) is 17.9 Å². The third kappa shape index (κ3) is 5.86. The van der Waals surface area contributed by atoms with Crippen LogP contribution in [0.5, 0.6) is 0 Å². The van der Waals surface area contributed by atoms with Crippen LogP contribution in [0.2, 0.25) is 0 Å². The lowest BCUT2D eigenvalue weighted by Crippen LogP contribution is -2.56. The molecule has 2 rings (SSSR count). The summed E-state index contributed by atoms with van der Waals surface area (Å²) in [5.41, 5.74) is 0.954. The lowest BCUT2D eigenvalue weighted by molar-refractivity contribution is -0.181. The zero-order chi connectivity index (χ0) is 20.7. The Morgan fingerprint density at radius 2 is 1.86 bits per heavy atom. The van der Waals surface area contributed by atoms with Crippen LogP contribution in [0.15, 0.2) is 15.6 Å². The Morgan fingerprint density at radius 3 is 2.39 bits per heavy atom. The fourth-order valence-electron chi connectivity index (χ4n) is 3.41. The fraction of sp³-hybridized carbons (Fsp3) is 0.789. The van der Waals surface area contributed by atoms with E-state index < -0.39 is 12.2 Å². The Balaban J connectivity index is 1.98. The van der Waals surface area contributed by atoms with Gasteiger partial charge in [-0.15, -0.1) is 0 Å². The maximum absolute atomic E-state index is 12.9. The van der Waals surface area contributed by atoms with Crippen LogP contribution in [0.3, 0.4) is 0 Å². The van der Waals surface area contributed by atoms with Gasteiger partial charge in [-0.2, -0.15) is 13.2 Å². The van der Waals surface area contributed by atoms with E-state index in [1.165, 1.54) is 11.8 Å². The summed E-state index contributed by atoms with van der Waals surface area (Å²) >= 11 is 0.